The number of hydrogen-bond acceptors (Lipinski definition) is 4. The lowest BCUT2D eigenvalue weighted by Gasteiger charge is -2.36. The van der Waals surface area contributed by atoms with Gasteiger partial charge < -0.3 is 14.3 Å². The third-order valence-electron chi connectivity index (χ3n) is 5.16. The number of aryl methyl sites for hydroxylation is 1. The summed E-state index contributed by atoms with van der Waals surface area (Å²) in [4.78, 5) is 16.8. The van der Waals surface area contributed by atoms with Crippen molar-refractivity contribution in [2.75, 3.05) is 31.1 Å². The molecule has 29 heavy (non-hydrogen) atoms. The van der Waals surface area contributed by atoms with Crippen LogP contribution in [-0.2, 0) is 11.2 Å². The highest BCUT2D eigenvalue weighted by Crippen LogP contribution is 2.25. The van der Waals surface area contributed by atoms with Gasteiger partial charge in [-0.05, 0) is 36.8 Å². The van der Waals surface area contributed by atoms with Crippen LogP contribution in [0.5, 0.6) is 0 Å². The monoisotopic (exact) mass is 413 g/mol. The molecular formula is C22H21ClFN3O2. The largest absolute Gasteiger partial charge is 0.368 e. The van der Waals surface area contributed by atoms with Crippen LogP contribution in [0, 0.1) is 5.82 Å². The molecule has 7 heteroatoms. The van der Waals surface area contributed by atoms with Crippen molar-refractivity contribution in [2.45, 2.75) is 12.8 Å². The van der Waals surface area contributed by atoms with E-state index < -0.39 is 0 Å². The number of halogens is 2. The molecule has 3 aromatic rings. The number of nitrogens with zero attached hydrogens (tertiary/aromatic N) is 3. The zero-order valence-electron chi connectivity index (χ0n) is 15.9. The molecule has 1 aliphatic rings. The van der Waals surface area contributed by atoms with Gasteiger partial charge in [-0.15, -0.1) is 0 Å². The average molecular weight is 414 g/mol. The van der Waals surface area contributed by atoms with Crippen LogP contribution in [0.3, 0.4) is 0 Å². The van der Waals surface area contributed by atoms with E-state index in [4.69, 9.17) is 16.1 Å². The zero-order chi connectivity index (χ0) is 20.2. The summed E-state index contributed by atoms with van der Waals surface area (Å²) in [5.41, 5.74) is 3.12. The van der Waals surface area contributed by atoms with Crippen molar-refractivity contribution in [1.29, 1.82) is 0 Å². The summed E-state index contributed by atoms with van der Waals surface area (Å²) < 4.78 is 18.6. The van der Waals surface area contributed by atoms with E-state index in [0.29, 0.717) is 42.2 Å². The Kier molecular flexibility index (Phi) is 5.81. The van der Waals surface area contributed by atoms with Gasteiger partial charge in [-0.25, -0.2) is 4.39 Å². The quantitative estimate of drug-likeness (QED) is 0.621. The lowest BCUT2D eigenvalue weighted by molar-refractivity contribution is -0.131. The molecule has 2 heterocycles. The van der Waals surface area contributed by atoms with Gasteiger partial charge in [0.15, 0.2) is 0 Å². The lowest BCUT2D eigenvalue weighted by atomic mass is 10.0. The molecule has 0 aliphatic carbocycles. The van der Waals surface area contributed by atoms with Crippen molar-refractivity contribution in [3.63, 3.8) is 0 Å². The van der Waals surface area contributed by atoms with Gasteiger partial charge in [0.1, 0.15) is 17.8 Å². The van der Waals surface area contributed by atoms with Crippen molar-refractivity contribution in [3.05, 3.63) is 71.2 Å². The Morgan fingerprint density at radius 1 is 1.10 bits per heavy atom. The standard InChI is InChI=1S/C22H21ClFN3O2/c23-18-4-2-6-20(14-18)26-9-11-27(12-10-26)21(28)8-7-17-15-29-25-22(17)16-3-1-5-19(24)13-16/h1-6,13-15H,7-12H2. The average Bonchev–Trinajstić information content (AvgIpc) is 3.21. The van der Waals surface area contributed by atoms with E-state index in [-0.39, 0.29) is 11.7 Å². The Morgan fingerprint density at radius 3 is 2.66 bits per heavy atom. The van der Waals surface area contributed by atoms with Gasteiger partial charge in [0.05, 0.1) is 0 Å². The molecule has 150 valence electrons. The molecule has 0 radical (unpaired) electrons. The lowest BCUT2D eigenvalue weighted by Crippen LogP contribution is -2.48. The second-order valence-electron chi connectivity index (χ2n) is 7.05. The number of rotatable bonds is 5. The summed E-state index contributed by atoms with van der Waals surface area (Å²) in [7, 11) is 0. The summed E-state index contributed by atoms with van der Waals surface area (Å²) in [5.74, 6) is -0.229. The second-order valence-corrected chi connectivity index (χ2v) is 7.48. The van der Waals surface area contributed by atoms with Gasteiger partial charge in [-0.1, -0.05) is 35.0 Å². The van der Waals surface area contributed by atoms with Crippen LogP contribution < -0.4 is 4.90 Å². The third-order valence-corrected chi connectivity index (χ3v) is 5.39. The fourth-order valence-electron chi connectivity index (χ4n) is 3.59. The summed E-state index contributed by atoms with van der Waals surface area (Å²) in [6, 6.07) is 14.0. The Labute approximate surface area is 173 Å². The molecule has 1 amide bonds. The van der Waals surface area contributed by atoms with E-state index in [1.54, 1.807) is 12.1 Å². The molecule has 1 fully saturated rings. The van der Waals surface area contributed by atoms with Crippen LogP contribution in [0.15, 0.2) is 59.3 Å². The van der Waals surface area contributed by atoms with Crippen LogP contribution in [0.1, 0.15) is 12.0 Å². The molecular weight excluding hydrogens is 393 g/mol. The highest BCUT2D eigenvalue weighted by Gasteiger charge is 2.22. The molecule has 0 unspecified atom stereocenters. The van der Waals surface area contributed by atoms with Gasteiger partial charge in [0.2, 0.25) is 5.91 Å². The molecule has 5 nitrogen and oxygen atoms in total. The maximum Gasteiger partial charge on any atom is 0.223 e. The van der Waals surface area contributed by atoms with Crippen molar-refractivity contribution in [2.24, 2.45) is 0 Å². The molecule has 4 rings (SSSR count). The number of hydrogen-bond donors (Lipinski definition) is 0. The number of benzene rings is 2. The SMILES string of the molecule is O=C(CCc1conc1-c1cccc(F)c1)N1CCN(c2cccc(Cl)c2)CC1. The minimum absolute atomic E-state index is 0.0992. The van der Waals surface area contributed by atoms with Gasteiger partial charge >= 0.3 is 0 Å². The molecule has 0 spiro atoms. The van der Waals surface area contributed by atoms with Gasteiger partial charge in [-0.3, -0.25) is 4.79 Å². The van der Waals surface area contributed by atoms with Crippen LogP contribution in [0.25, 0.3) is 11.3 Å². The first-order chi connectivity index (χ1) is 14.1. The van der Waals surface area contributed by atoms with Gasteiger partial charge in [0.25, 0.3) is 0 Å². The number of amides is 1. The molecule has 1 aromatic heterocycles. The Hall–Kier alpha value is -2.86. The van der Waals surface area contributed by atoms with Crippen molar-refractivity contribution >= 4 is 23.2 Å². The maximum absolute atomic E-state index is 13.5. The predicted octanol–water partition coefficient (Wildman–Crippen LogP) is 4.42. The number of aromatic nitrogens is 1. The minimum atomic E-state index is -0.329. The van der Waals surface area contributed by atoms with Crippen molar-refractivity contribution in [3.8, 4) is 11.3 Å². The predicted molar refractivity (Wildman–Crippen MR) is 110 cm³/mol. The minimum Gasteiger partial charge on any atom is -0.368 e. The highest BCUT2D eigenvalue weighted by atomic mass is 35.5. The first-order valence-electron chi connectivity index (χ1n) is 9.57. The van der Waals surface area contributed by atoms with Crippen molar-refractivity contribution < 1.29 is 13.7 Å². The number of piperazine rings is 1. The number of carbonyl (C=O) groups is 1. The molecule has 0 N–H and O–H groups in total. The zero-order valence-corrected chi connectivity index (χ0v) is 16.6. The topological polar surface area (TPSA) is 49.6 Å². The first-order valence-corrected chi connectivity index (χ1v) is 9.95. The normalized spacial score (nSPS) is 14.3. The van der Waals surface area contributed by atoms with Gasteiger partial charge in [0, 0.05) is 54.4 Å². The van der Waals surface area contributed by atoms with E-state index in [2.05, 4.69) is 10.1 Å². The summed E-state index contributed by atoms with van der Waals surface area (Å²) in [5, 5.41) is 4.70. The fraction of sp³-hybridized carbons (Fsp3) is 0.273. The Balaban J connectivity index is 1.33. The second kappa shape index (κ2) is 8.66. The van der Waals surface area contributed by atoms with E-state index in [1.807, 2.05) is 29.2 Å². The molecule has 1 aliphatic heterocycles. The summed E-state index contributed by atoms with van der Waals surface area (Å²) >= 11 is 6.07. The molecule has 1 saturated heterocycles. The summed E-state index contributed by atoms with van der Waals surface area (Å²) in [6.45, 7) is 2.89. The van der Waals surface area contributed by atoms with Crippen LogP contribution in [0.4, 0.5) is 10.1 Å². The van der Waals surface area contributed by atoms with E-state index >= 15 is 0 Å². The van der Waals surface area contributed by atoms with E-state index in [0.717, 1.165) is 24.3 Å². The van der Waals surface area contributed by atoms with E-state index in [1.165, 1.54) is 18.4 Å². The Bertz CT molecular complexity index is 999. The molecule has 0 atom stereocenters. The Morgan fingerprint density at radius 2 is 1.90 bits per heavy atom. The molecule has 0 saturated carbocycles. The smallest absolute Gasteiger partial charge is 0.223 e. The van der Waals surface area contributed by atoms with Crippen LogP contribution >= 0.6 is 11.6 Å². The number of carbonyl (C=O) groups excluding carboxylic acids is 1. The fourth-order valence-corrected chi connectivity index (χ4v) is 3.78. The third kappa shape index (κ3) is 4.59. The summed E-state index contributed by atoms with van der Waals surface area (Å²) in [6.07, 6.45) is 2.40. The molecule has 0 bridgehead atoms. The highest BCUT2D eigenvalue weighted by molar-refractivity contribution is 6.30. The number of anilines is 1. The molecule has 2 aromatic carbocycles. The maximum atomic E-state index is 13.5. The van der Waals surface area contributed by atoms with E-state index in [9.17, 15) is 9.18 Å². The van der Waals surface area contributed by atoms with Crippen LogP contribution in [-0.4, -0.2) is 42.1 Å². The van der Waals surface area contributed by atoms with Crippen LogP contribution in [0.2, 0.25) is 5.02 Å². The first kappa shape index (κ1) is 19.5. The van der Waals surface area contributed by atoms with Crippen molar-refractivity contribution in [1.82, 2.24) is 10.1 Å². The van der Waals surface area contributed by atoms with Gasteiger partial charge in [-0.2, -0.15) is 0 Å².